The summed E-state index contributed by atoms with van der Waals surface area (Å²) >= 11 is 0. The maximum atomic E-state index is 2.40. The van der Waals surface area contributed by atoms with Crippen LogP contribution >= 0.6 is 0 Å². The average Bonchev–Trinajstić information content (AvgIpc) is 3.12. The molecule has 0 aliphatic heterocycles. The predicted molar refractivity (Wildman–Crippen MR) is 121 cm³/mol. The summed E-state index contributed by atoms with van der Waals surface area (Å²) in [4.78, 5) is 2.22. The summed E-state index contributed by atoms with van der Waals surface area (Å²) in [5, 5.41) is 1.34. The van der Waals surface area contributed by atoms with E-state index in [-0.39, 0.29) is 0 Å². The van der Waals surface area contributed by atoms with Gasteiger partial charge in [0.05, 0.1) is 5.52 Å². The summed E-state index contributed by atoms with van der Waals surface area (Å²) in [6.07, 6.45) is 3.34. The Bertz CT molecular complexity index is 1060. The Morgan fingerprint density at radius 1 is 0.786 bits per heavy atom. The molecule has 1 heterocycles. The summed E-state index contributed by atoms with van der Waals surface area (Å²) in [7, 11) is 2.11. The molecule has 28 heavy (non-hydrogen) atoms. The van der Waals surface area contributed by atoms with Crippen molar-refractivity contribution in [2.45, 2.75) is 33.1 Å². The quantitative estimate of drug-likeness (QED) is 0.359. The monoisotopic (exact) mass is 368 g/mol. The molecular weight excluding hydrogens is 340 g/mol. The highest BCUT2D eigenvalue weighted by Crippen LogP contribution is 2.29. The first-order valence-electron chi connectivity index (χ1n) is 10.2. The summed E-state index contributed by atoms with van der Waals surface area (Å²) < 4.78 is 2.40. The second-order valence-corrected chi connectivity index (χ2v) is 7.38. The summed E-state index contributed by atoms with van der Waals surface area (Å²) in [6.45, 7) is 4.47. The van der Waals surface area contributed by atoms with Gasteiger partial charge in [-0.2, -0.15) is 0 Å². The van der Waals surface area contributed by atoms with Crippen molar-refractivity contribution < 1.29 is 0 Å². The number of anilines is 2. The fourth-order valence-electron chi connectivity index (χ4n) is 3.96. The molecule has 0 amide bonds. The van der Waals surface area contributed by atoms with Gasteiger partial charge in [0.1, 0.15) is 0 Å². The van der Waals surface area contributed by atoms with E-state index in [1.807, 2.05) is 0 Å². The van der Waals surface area contributed by atoms with E-state index in [0.29, 0.717) is 0 Å². The molecule has 0 fully saturated rings. The van der Waals surface area contributed by atoms with Gasteiger partial charge in [-0.3, -0.25) is 0 Å². The zero-order valence-electron chi connectivity index (χ0n) is 17.0. The van der Waals surface area contributed by atoms with Crippen molar-refractivity contribution in [3.63, 3.8) is 0 Å². The minimum Gasteiger partial charge on any atom is -0.345 e. The zero-order chi connectivity index (χ0) is 19.5. The standard InChI is InChI=1S/C26H28N2/c1-4-9-20-12-17-26-21(18-20)19-22(5-2)28(26)25-15-13-24(14-16-25)27(3)23-10-7-6-8-11-23/h6-8,10-19H,4-5,9H2,1-3H3. The van der Waals surface area contributed by atoms with Crippen molar-refractivity contribution in [3.8, 4) is 5.69 Å². The van der Waals surface area contributed by atoms with E-state index in [0.717, 1.165) is 12.8 Å². The van der Waals surface area contributed by atoms with Gasteiger partial charge in [0.25, 0.3) is 0 Å². The molecule has 2 nitrogen and oxygen atoms in total. The number of fused-ring (bicyclic) bond motifs is 1. The third kappa shape index (κ3) is 3.43. The third-order valence-electron chi connectivity index (χ3n) is 5.48. The first-order valence-corrected chi connectivity index (χ1v) is 10.2. The lowest BCUT2D eigenvalue weighted by atomic mass is 10.1. The number of hydrogen-bond acceptors (Lipinski definition) is 1. The van der Waals surface area contributed by atoms with E-state index in [9.17, 15) is 0 Å². The number of benzene rings is 3. The minimum absolute atomic E-state index is 1.02. The van der Waals surface area contributed by atoms with Gasteiger partial charge in [-0.15, -0.1) is 0 Å². The van der Waals surface area contributed by atoms with Crippen LogP contribution in [0.5, 0.6) is 0 Å². The Morgan fingerprint density at radius 2 is 1.50 bits per heavy atom. The highest BCUT2D eigenvalue weighted by atomic mass is 15.1. The van der Waals surface area contributed by atoms with Crippen molar-refractivity contribution in [1.82, 2.24) is 4.57 Å². The summed E-state index contributed by atoms with van der Waals surface area (Å²) in [5.74, 6) is 0. The van der Waals surface area contributed by atoms with Crippen molar-refractivity contribution in [2.24, 2.45) is 0 Å². The van der Waals surface area contributed by atoms with Crippen LogP contribution in [0.15, 0.2) is 78.9 Å². The number of hydrogen-bond donors (Lipinski definition) is 0. The second kappa shape index (κ2) is 7.93. The van der Waals surface area contributed by atoms with E-state index in [4.69, 9.17) is 0 Å². The van der Waals surface area contributed by atoms with Gasteiger partial charge >= 0.3 is 0 Å². The van der Waals surface area contributed by atoms with Gasteiger partial charge in [0.15, 0.2) is 0 Å². The molecular formula is C26H28N2. The Morgan fingerprint density at radius 3 is 2.18 bits per heavy atom. The van der Waals surface area contributed by atoms with Crippen LogP contribution < -0.4 is 4.90 Å². The molecule has 0 atom stereocenters. The van der Waals surface area contributed by atoms with Gasteiger partial charge in [-0.05, 0) is 73.0 Å². The average molecular weight is 369 g/mol. The molecule has 142 valence electrons. The number of rotatable bonds is 6. The maximum Gasteiger partial charge on any atom is 0.0531 e. The lowest BCUT2D eigenvalue weighted by Crippen LogP contribution is -2.09. The molecule has 0 saturated carbocycles. The van der Waals surface area contributed by atoms with E-state index in [1.54, 1.807) is 0 Å². The number of aromatic nitrogens is 1. The van der Waals surface area contributed by atoms with Crippen molar-refractivity contribution in [2.75, 3.05) is 11.9 Å². The van der Waals surface area contributed by atoms with E-state index in [2.05, 4.69) is 109 Å². The fraction of sp³-hybridized carbons (Fsp3) is 0.231. The fourth-order valence-corrected chi connectivity index (χ4v) is 3.96. The largest absolute Gasteiger partial charge is 0.345 e. The lowest BCUT2D eigenvalue weighted by molar-refractivity contribution is 0.923. The Labute approximate surface area is 168 Å². The first kappa shape index (κ1) is 18.4. The number of para-hydroxylation sites is 1. The normalized spacial score (nSPS) is 11.1. The number of nitrogens with zero attached hydrogens (tertiary/aromatic N) is 2. The van der Waals surface area contributed by atoms with Gasteiger partial charge in [0, 0.05) is 35.2 Å². The van der Waals surface area contributed by atoms with Crippen LogP contribution in [0.3, 0.4) is 0 Å². The Kier molecular flexibility index (Phi) is 5.21. The summed E-state index contributed by atoms with van der Waals surface area (Å²) in [5.41, 5.74) is 7.68. The SMILES string of the molecule is CCCc1ccc2c(c1)cc(CC)n2-c1ccc(N(C)c2ccccc2)cc1. The van der Waals surface area contributed by atoms with Gasteiger partial charge in [-0.25, -0.2) is 0 Å². The molecule has 0 aliphatic carbocycles. The van der Waals surface area contributed by atoms with Gasteiger partial charge in [0.2, 0.25) is 0 Å². The van der Waals surface area contributed by atoms with E-state index in [1.165, 1.54) is 45.6 Å². The van der Waals surface area contributed by atoms with Crippen molar-refractivity contribution in [3.05, 3.63) is 90.1 Å². The molecule has 1 aromatic heterocycles. The molecule has 0 radical (unpaired) electrons. The lowest BCUT2D eigenvalue weighted by Gasteiger charge is -2.20. The van der Waals surface area contributed by atoms with Crippen LogP contribution in [0.2, 0.25) is 0 Å². The van der Waals surface area contributed by atoms with E-state index >= 15 is 0 Å². The van der Waals surface area contributed by atoms with Crippen LogP contribution in [0.1, 0.15) is 31.5 Å². The first-order chi connectivity index (χ1) is 13.7. The summed E-state index contributed by atoms with van der Waals surface area (Å²) in [6, 6.07) is 28.6. The van der Waals surface area contributed by atoms with E-state index < -0.39 is 0 Å². The van der Waals surface area contributed by atoms with Crippen LogP contribution in [-0.2, 0) is 12.8 Å². The maximum absolute atomic E-state index is 2.40. The Balaban J connectivity index is 1.71. The molecule has 0 bridgehead atoms. The molecule has 0 saturated heterocycles. The van der Waals surface area contributed by atoms with Crippen LogP contribution in [0.4, 0.5) is 11.4 Å². The molecule has 2 heteroatoms. The molecule has 0 N–H and O–H groups in total. The molecule has 0 unspecified atom stereocenters. The van der Waals surface area contributed by atoms with Crippen molar-refractivity contribution in [1.29, 1.82) is 0 Å². The smallest absolute Gasteiger partial charge is 0.0531 e. The molecule has 0 aliphatic rings. The zero-order valence-corrected chi connectivity index (χ0v) is 17.0. The molecule has 0 spiro atoms. The van der Waals surface area contributed by atoms with Crippen LogP contribution in [0.25, 0.3) is 16.6 Å². The second-order valence-electron chi connectivity index (χ2n) is 7.38. The third-order valence-corrected chi connectivity index (χ3v) is 5.48. The molecule has 4 aromatic rings. The Hall–Kier alpha value is -3.00. The highest BCUT2D eigenvalue weighted by Gasteiger charge is 2.11. The van der Waals surface area contributed by atoms with Crippen LogP contribution in [-0.4, -0.2) is 11.6 Å². The van der Waals surface area contributed by atoms with Crippen LogP contribution in [0, 0.1) is 0 Å². The topological polar surface area (TPSA) is 8.17 Å². The predicted octanol–water partition coefficient (Wildman–Crippen LogP) is 6.91. The van der Waals surface area contributed by atoms with Crippen molar-refractivity contribution >= 4 is 22.3 Å². The minimum atomic E-state index is 1.02. The number of aryl methyl sites for hydroxylation is 2. The van der Waals surface area contributed by atoms with Gasteiger partial charge < -0.3 is 9.47 Å². The molecule has 4 rings (SSSR count). The molecule has 3 aromatic carbocycles. The van der Waals surface area contributed by atoms with Gasteiger partial charge in [-0.1, -0.05) is 44.5 Å². The highest BCUT2D eigenvalue weighted by molar-refractivity contribution is 5.84.